The first kappa shape index (κ1) is 6.58. The number of hydrogen-bond acceptors (Lipinski definition) is 3. The van der Waals surface area contributed by atoms with Gasteiger partial charge in [-0.2, -0.15) is 0 Å². The van der Waals surface area contributed by atoms with Crippen molar-refractivity contribution in [1.82, 2.24) is 5.32 Å². The Kier molecular flexibility index (Phi) is 1.44. The molecular weight excluding hydrogens is 128 g/mol. The van der Waals surface area contributed by atoms with Crippen LogP contribution in [0.15, 0.2) is 0 Å². The van der Waals surface area contributed by atoms with Crippen LogP contribution in [-0.4, -0.2) is 31.8 Å². The summed E-state index contributed by atoms with van der Waals surface area (Å²) >= 11 is 0. The molecule has 0 spiro atoms. The molecule has 3 heteroatoms. The Labute approximate surface area is 60.9 Å². The molecule has 0 bridgehead atoms. The Bertz CT molecular complexity index is 128. The Morgan fingerprint density at radius 3 is 3.30 bits per heavy atom. The fraction of sp³-hybridized carbons (Fsp3) is 1.00. The molecule has 3 nitrogen and oxygen atoms in total. The number of fused-ring (bicyclic) bond motifs is 1. The van der Waals surface area contributed by atoms with Crippen LogP contribution in [0.1, 0.15) is 6.42 Å². The fourth-order valence-electron chi connectivity index (χ4n) is 2.02. The molecule has 2 rings (SSSR count). The van der Waals surface area contributed by atoms with Crippen LogP contribution in [-0.2, 0) is 4.74 Å². The van der Waals surface area contributed by atoms with Crippen LogP contribution in [0.2, 0.25) is 0 Å². The van der Waals surface area contributed by atoms with Gasteiger partial charge in [0.05, 0.1) is 5.60 Å². The summed E-state index contributed by atoms with van der Waals surface area (Å²) in [6.07, 6.45) is 1.18. The summed E-state index contributed by atoms with van der Waals surface area (Å²) < 4.78 is 5.63. The van der Waals surface area contributed by atoms with E-state index in [1.807, 2.05) is 0 Å². The molecule has 0 aliphatic carbocycles. The van der Waals surface area contributed by atoms with Gasteiger partial charge in [-0.1, -0.05) is 0 Å². The van der Waals surface area contributed by atoms with Gasteiger partial charge in [-0.05, 0) is 6.42 Å². The SMILES string of the molecule is NCC12CNCC1CCO2. The van der Waals surface area contributed by atoms with Crippen LogP contribution in [0.25, 0.3) is 0 Å². The van der Waals surface area contributed by atoms with Crippen LogP contribution >= 0.6 is 0 Å². The Hall–Kier alpha value is -0.120. The normalized spacial score (nSPS) is 45.9. The maximum atomic E-state index is 5.64. The van der Waals surface area contributed by atoms with Crippen molar-refractivity contribution in [3.63, 3.8) is 0 Å². The van der Waals surface area contributed by atoms with Gasteiger partial charge in [-0.15, -0.1) is 0 Å². The molecule has 10 heavy (non-hydrogen) atoms. The van der Waals surface area contributed by atoms with Crippen molar-refractivity contribution in [1.29, 1.82) is 0 Å². The minimum Gasteiger partial charge on any atom is -0.372 e. The van der Waals surface area contributed by atoms with E-state index in [4.69, 9.17) is 10.5 Å². The van der Waals surface area contributed by atoms with Crippen molar-refractivity contribution in [3.8, 4) is 0 Å². The largest absolute Gasteiger partial charge is 0.372 e. The van der Waals surface area contributed by atoms with E-state index in [9.17, 15) is 0 Å². The smallest absolute Gasteiger partial charge is 0.0968 e. The van der Waals surface area contributed by atoms with Crippen molar-refractivity contribution in [3.05, 3.63) is 0 Å². The lowest BCUT2D eigenvalue weighted by atomic mass is 9.91. The van der Waals surface area contributed by atoms with Crippen LogP contribution in [0, 0.1) is 5.92 Å². The maximum Gasteiger partial charge on any atom is 0.0968 e. The third kappa shape index (κ3) is 0.713. The molecule has 2 atom stereocenters. The van der Waals surface area contributed by atoms with Crippen molar-refractivity contribution in [2.24, 2.45) is 11.7 Å². The lowest BCUT2D eigenvalue weighted by molar-refractivity contribution is 0.0111. The van der Waals surface area contributed by atoms with Crippen LogP contribution in [0.5, 0.6) is 0 Å². The second-order valence-electron chi connectivity index (χ2n) is 3.23. The highest BCUT2D eigenvalue weighted by atomic mass is 16.5. The van der Waals surface area contributed by atoms with E-state index in [2.05, 4.69) is 5.32 Å². The van der Waals surface area contributed by atoms with E-state index >= 15 is 0 Å². The predicted molar refractivity (Wildman–Crippen MR) is 38.7 cm³/mol. The molecule has 2 aliphatic heterocycles. The first-order chi connectivity index (χ1) is 4.87. The van der Waals surface area contributed by atoms with Gasteiger partial charge in [0, 0.05) is 32.2 Å². The van der Waals surface area contributed by atoms with E-state index in [-0.39, 0.29) is 5.60 Å². The van der Waals surface area contributed by atoms with Gasteiger partial charge in [-0.25, -0.2) is 0 Å². The summed E-state index contributed by atoms with van der Waals surface area (Å²) in [6, 6.07) is 0. The van der Waals surface area contributed by atoms with Crippen LogP contribution in [0.4, 0.5) is 0 Å². The van der Waals surface area contributed by atoms with Crippen molar-refractivity contribution in [2.75, 3.05) is 26.2 Å². The highest BCUT2D eigenvalue weighted by molar-refractivity contribution is 5.01. The zero-order valence-corrected chi connectivity index (χ0v) is 6.10. The van der Waals surface area contributed by atoms with E-state index in [1.165, 1.54) is 6.42 Å². The predicted octanol–water partition coefficient (Wildman–Crippen LogP) is -0.676. The summed E-state index contributed by atoms with van der Waals surface area (Å²) in [5.41, 5.74) is 5.66. The molecule has 2 fully saturated rings. The first-order valence-corrected chi connectivity index (χ1v) is 3.92. The second kappa shape index (κ2) is 2.19. The third-order valence-electron chi connectivity index (χ3n) is 2.76. The zero-order chi connectivity index (χ0) is 7.03. The maximum absolute atomic E-state index is 5.64. The van der Waals surface area contributed by atoms with Crippen molar-refractivity contribution in [2.45, 2.75) is 12.0 Å². The summed E-state index contributed by atoms with van der Waals surface area (Å²) in [5, 5.41) is 3.31. The molecular formula is C7H14N2O. The minimum atomic E-state index is 0.0139. The van der Waals surface area contributed by atoms with Gasteiger partial charge in [0.15, 0.2) is 0 Å². The molecule has 3 N–H and O–H groups in total. The van der Waals surface area contributed by atoms with E-state index in [0.29, 0.717) is 12.5 Å². The highest BCUT2D eigenvalue weighted by Gasteiger charge is 2.46. The number of nitrogens with one attached hydrogen (secondary N) is 1. The molecule has 0 aromatic rings. The van der Waals surface area contributed by atoms with Gasteiger partial charge in [-0.3, -0.25) is 0 Å². The lowest BCUT2D eigenvalue weighted by Gasteiger charge is -2.24. The zero-order valence-electron chi connectivity index (χ0n) is 6.10. The molecule has 2 saturated heterocycles. The van der Waals surface area contributed by atoms with E-state index in [1.54, 1.807) is 0 Å². The molecule has 2 unspecified atom stereocenters. The minimum absolute atomic E-state index is 0.0139. The molecule has 58 valence electrons. The Morgan fingerprint density at radius 1 is 1.70 bits per heavy atom. The van der Waals surface area contributed by atoms with Gasteiger partial charge in [0.1, 0.15) is 0 Å². The summed E-state index contributed by atoms with van der Waals surface area (Å²) in [7, 11) is 0. The van der Waals surface area contributed by atoms with Crippen LogP contribution in [0.3, 0.4) is 0 Å². The Balaban J connectivity index is 2.15. The number of ether oxygens (including phenoxy) is 1. The van der Waals surface area contributed by atoms with Crippen LogP contribution < -0.4 is 11.1 Å². The molecule has 0 radical (unpaired) electrons. The standard InChI is InChI=1S/C7H14N2O/c8-4-7-5-9-3-6(7)1-2-10-7/h6,9H,1-5,8H2. The highest BCUT2D eigenvalue weighted by Crippen LogP contribution is 2.33. The second-order valence-corrected chi connectivity index (χ2v) is 3.23. The fourth-order valence-corrected chi connectivity index (χ4v) is 2.02. The molecule has 2 heterocycles. The number of rotatable bonds is 1. The Morgan fingerprint density at radius 2 is 2.60 bits per heavy atom. The molecule has 0 aromatic carbocycles. The molecule has 0 aromatic heterocycles. The number of hydrogen-bond donors (Lipinski definition) is 2. The monoisotopic (exact) mass is 142 g/mol. The third-order valence-corrected chi connectivity index (χ3v) is 2.76. The topological polar surface area (TPSA) is 47.3 Å². The van der Waals surface area contributed by atoms with Crippen molar-refractivity contribution < 1.29 is 4.74 Å². The average Bonchev–Trinajstić information content (AvgIpc) is 2.42. The van der Waals surface area contributed by atoms with Crippen molar-refractivity contribution >= 4 is 0 Å². The molecule has 0 amide bonds. The van der Waals surface area contributed by atoms with Gasteiger partial charge in [0.25, 0.3) is 0 Å². The summed E-state index contributed by atoms with van der Waals surface area (Å²) in [6.45, 7) is 3.62. The van der Waals surface area contributed by atoms with E-state index < -0.39 is 0 Å². The van der Waals surface area contributed by atoms with Gasteiger partial charge in [0.2, 0.25) is 0 Å². The van der Waals surface area contributed by atoms with Gasteiger partial charge < -0.3 is 15.8 Å². The molecule has 0 saturated carbocycles. The average molecular weight is 142 g/mol. The summed E-state index contributed by atoms with van der Waals surface area (Å²) in [4.78, 5) is 0. The first-order valence-electron chi connectivity index (χ1n) is 3.92. The number of nitrogens with two attached hydrogens (primary N) is 1. The molecule has 2 aliphatic rings. The quantitative estimate of drug-likeness (QED) is 0.510. The lowest BCUT2D eigenvalue weighted by Crippen LogP contribution is -2.43. The van der Waals surface area contributed by atoms with E-state index in [0.717, 1.165) is 19.7 Å². The summed E-state index contributed by atoms with van der Waals surface area (Å²) in [5.74, 6) is 0.678. The van der Waals surface area contributed by atoms with Gasteiger partial charge >= 0.3 is 0 Å².